The number of rotatable bonds is 7. The minimum Gasteiger partial charge on any atom is -0.493 e. The highest BCUT2D eigenvalue weighted by Crippen LogP contribution is 2.24. The summed E-state index contributed by atoms with van der Waals surface area (Å²) >= 11 is 3.37. The van der Waals surface area contributed by atoms with Gasteiger partial charge in [0, 0.05) is 21.8 Å². The number of halogens is 1. The number of anilines is 1. The van der Waals surface area contributed by atoms with Crippen molar-refractivity contribution >= 4 is 33.4 Å². The topological polar surface area (TPSA) is 67.4 Å². The predicted octanol–water partition coefficient (Wildman–Crippen LogP) is 4.63. The molecule has 2 aromatic carbocycles. The van der Waals surface area contributed by atoms with Gasteiger partial charge in [-0.15, -0.1) is 0 Å². The Morgan fingerprint density at radius 3 is 2.58 bits per heavy atom. The van der Waals surface area contributed by atoms with E-state index < -0.39 is 0 Å². The van der Waals surface area contributed by atoms with E-state index in [9.17, 15) is 9.59 Å². The standard InChI is InChI=1S/C20H23BrN2O3/c1-4-13(3)22-19(24)14-7-6-8-16(11-14)23-20(25)17-12-15(21)9-10-18(17)26-5-2/h6-13H,4-5H2,1-3H3,(H,22,24)(H,23,25). The molecule has 2 amide bonds. The van der Waals surface area contributed by atoms with Crippen LogP contribution in [0.5, 0.6) is 5.75 Å². The van der Waals surface area contributed by atoms with Crippen LogP contribution in [0.2, 0.25) is 0 Å². The number of hydrogen-bond donors (Lipinski definition) is 2. The Hall–Kier alpha value is -2.34. The molecular formula is C20H23BrN2O3. The molecule has 0 aliphatic carbocycles. The Kier molecular flexibility index (Phi) is 7.21. The lowest BCUT2D eigenvalue weighted by Gasteiger charge is -2.13. The molecule has 0 heterocycles. The second-order valence-electron chi connectivity index (χ2n) is 5.89. The zero-order valence-electron chi connectivity index (χ0n) is 15.1. The second-order valence-corrected chi connectivity index (χ2v) is 6.81. The summed E-state index contributed by atoms with van der Waals surface area (Å²) in [5, 5.41) is 5.74. The van der Waals surface area contributed by atoms with E-state index in [1.807, 2.05) is 26.8 Å². The van der Waals surface area contributed by atoms with E-state index in [-0.39, 0.29) is 17.9 Å². The molecule has 0 saturated carbocycles. The maximum atomic E-state index is 12.7. The van der Waals surface area contributed by atoms with E-state index in [4.69, 9.17) is 4.74 Å². The van der Waals surface area contributed by atoms with Crippen LogP contribution < -0.4 is 15.4 Å². The molecule has 2 rings (SSSR count). The highest BCUT2D eigenvalue weighted by atomic mass is 79.9. The first-order valence-corrected chi connectivity index (χ1v) is 9.38. The van der Waals surface area contributed by atoms with Crippen LogP contribution >= 0.6 is 15.9 Å². The van der Waals surface area contributed by atoms with E-state index in [0.29, 0.717) is 29.2 Å². The number of ether oxygens (including phenoxy) is 1. The van der Waals surface area contributed by atoms with Gasteiger partial charge in [0.2, 0.25) is 0 Å². The van der Waals surface area contributed by atoms with Crippen molar-refractivity contribution in [2.45, 2.75) is 33.2 Å². The lowest BCUT2D eigenvalue weighted by atomic mass is 10.1. The van der Waals surface area contributed by atoms with Crippen LogP contribution in [0.15, 0.2) is 46.9 Å². The zero-order valence-corrected chi connectivity index (χ0v) is 16.7. The highest BCUT2D eigenvalue weighted by Gasteiger charge is 2.15. The monoisotopic (exact) mass is 418 g/mol. The molecule has 0 fully saturated rings. The van der Waals surface area contributed by atoms with Crippen molar-refractivity contribution in [3.05, 3.63) is 58.1 Å². The van der Waals surface area contributed by atoms with E-state index >= 15 is 0 Å². The van der Waals surface area contributed by atoms with Gasteiger partial charge in [0.1, 0.15) is 5.75 Å². The van der Waals surface area contributed by atoms with Gasteiger partial charge in [-0.2, -0.15) is 0 Å². The van der Waals surface area contributed by atoms with Crippen LogP contribution in [0.3, 0.4) is 0 Å². The Labute approximate surface area is 162 Å². The van der Waals surface area contributed by atoms with Crippen LogP contribution in [0.25, 0.3) is 0 Å². The second kappa shape index (κ2) is 9.38. The fourth-order valence-corrected chi connectivity index (χ4v) is 2.67. The molecule has 0 aliphatic heterocycles. The normalized spacial score (nSPS) is 11.5. The van der Waals surface area contributed by atoms with E-state index in [2.05, 4.69) is 26.6 Å². The fourth-order valence-electron chi connectivity index (χ4n) is 2.31. The quantitative estimate of drug-likeness (QED) is 0.688. The molecule has 0 bridgehead atoms. The SMILES string of the molecule is CCOc1ccc(Br)cc1C(=O)Nc1cccc(C(=O)NC(C)CC)c1. The minimum atomic E-state index is -0.297. The van der Waals surface area contributed by atoms with Crippen LogP contribution in [-0.2, 0) is 0 Å². The van der Waals surface area contributed by atoms with E-state index in [1.165, 1.54) is 0 Å². The average molecular weight is 419 g/mol. The van der Waals surface area contributed by atoms with Gasteiger partial charge in [0.05, 0.1) is 12.2 Å². The summed E-state index contributed by atoms with van der Waals surface area (Å²) < 4.78 is 6.31. The van der Waals surface area contributed by atoms with Crippen molar-refractivity contribution in [3.8, 4) is 5.75 Å². The van der Waals surface area contributed by atoms with Crippen LogP contribution in [-0.4, -0.2) is 24.5 Å². The fraction of sp³-hybridized carbons (Fsp3) is 0.300. The van der Waals surface area contributed by atoms with Crippen molar-refractivity contribution in [1.29, 1.82) is 0 Å². The van der Waals surface area contributed by atoms with Gasteiger partial charge >= 0.3 is 0 Å². The Balaban J connectivity index is 2.19. The van der Waals surface area contributed by atoms with E-state index in [0.717, 1.165) is 10.9 Å². The molecular weight excluding hydrogens is 396 g/mol. The van der Waals surface area contributed by atoms with E-state index in [1.54, 1.807) is 36.4 Å². The van der Waals surface area contributed by atoms with Crippen LogP contribution in [0.1, 0.15) is 47.9 Å². The summed E-state index contributed by atoms with van der Waals surface area (Å²) in [4.78, 5) is 24.9. The Morgan fingerprint density at radius 1 is 1.12 bits per heavy atom. The summed E-state index contributed by atoms with van der Waals surface area (Å²) in [6.07, 6.45) is 0.852. The number of carbonyl (C=O) groups excluding carboxylic acids is 2. The number of carbonyl (C=O) groups is 2. The smallest absolute Gasteiger partial charge is 0.259 e. The van der Waals surface area contributed by atoms with Crippen LogP contribution in [0, 0.1) is 0 Å². The number of benzene rings is 2. The summed E-state index contributed by atoms with van der Waals surface area (Å²) in [5.74, 6) is 0.0565. The molecule has 2 aromatic rings. The Bertz CT molecular complexity index is 792. The van der Waals surface area contributed by atoms with Crippen molar-refractivity contribution in [3.63, 3.8) is 0 Å². The molecule has 0 aliphatic rings. The van der Waals surface area contributed by atoms with Crippen LogP contribution in [0.4, 0.5) is 5.69 Å². The number of nitrogens with one attached hydrogen (secondary N) is 2. The number of amides is 2. The molecule has 5 nitrogen and oxygen atoms in total. The summed E-state index contributed by atoms with van der Waals surface area (Å²) in [7, 11) is 0. The highest BCUT2D eigenvalue weighted by molar-refractivity contribution is 9.10. The van der Waals surface area contributed by atoms with Gasteiger partial charge in [-0.1, -0.05) is 28.9 Å². The maximum Gasteiger partial charge on any atom is 0.259 e. The summed E-state index contributed by atoms with van der Waals surface area (Å²) in [5.41, 5.74) is 1.48. The third kappa shape index (κ3) is 5.33. The summed E-state index contributed by atoms with van der Waals surface area (Å²) in [6, 6.07) is 12.2. The molecule has 138 valence electrons. The van der Waals surface area contributed by atoms with Gasteiger partial charge in [0.15, 0.2) is 0 Å². The van der Waals surface area contributed by atoms with Gasteiger partial charge in [-0.25, -0.2) is 0 Å². The molecule has 2 N–H and O–H groups in total. The number of hydrogen-bond acceptors (Lipinski definition) is 3. The lowest BCUT2D eigenvalue weighted by molar-refractivity contribution is 0.0938. The largest absolute Gasteiger partial charge is 0.493 e. The van der Waals surface area contributed by atoms with Gasteiger partial charge in [-0.05, 0) is 56.7 Å². The maximum absolute atomic E-state index is 12.7. The first-order valence-electron chi connectivity index (χ1n) is 8.59. The predicted molar refractivity (Wildman–Crippen MR) is 107 cm³/mol. The van der Waals surface area contributed by atoms with Crippen molar-refractivity contribution in [2.75, 3.05) is 11.9 Å². The molecule has 0 saturated heterocycles. The Morgan fingerprint density at radius 2 is 1.88 bits per heavy atom. The lowest BCUT2D eigenvalue weighted by Crippen LogP contribution is -2.31. The van der Waals surface area contributed by atoms with Gasteiger partial charge in [0.25, 0.3) is 11.8 Å². The first-order chi connectivity index (χ1) is 12.4. The molecule has 0 radical (unpaired) electrons. The van der Waals surface area contributed by atoms with Crippen molar-refractivity contribution in [1.82, 2.24) is 5.32 Å². The third-order valence-electron chi connectivity index (χ3n) is 3.86. The molecule has 0 aromatic heterocycles. The molecule has 1 unspecified atom stereocenters. The van der Waals surface area contributed by atoms with Gasteiger partial charge < -0.3 is 15.4 Å². The molecule has 26 heavy (non-hydrogen) atoms. The van der Waals surface area contributed by atoms with Crippen molar-refractivity contribution in [2.24, 2.45) is 0 Å². The minimum absolute atomic E-state index is 0.0937. The average Bonchev–Trinajstić information content (AvgIpc) is 2.63. The third-order valence-corrected chi connectivity index (χ3v) is 4.35. The van der Waals surface area contributed by atoms with Crippen molar-refractivity contribution < 1.29 is 14.3 Å². The first kappa shape index (κ1) is 20.0. The van der Waals surface area contributed by atoms with Gasteiger partial charge in [-0.3, -0.25) is 9.59 Å². The zero-order chi connectivity index (χ0) is 19.1. The molecule has 1 atom stereocenters. The molecule has 0 spiro atoms. The summed E-state index contributed by atoms with van der Waals surface area (Å²) in [6.45, 7) is 6.29. The molecule has 6 heteroatoms.